The molecule has 1 N–H and O–H groups in total. The van der Waals surface area contributed by atoms with E-state index in [0.29, 0.717) is 17.1 Å². The number of hydrogen-bond donors (Lipinski definition) is 1. The second kappa shape index (κ2) is 8.23. The Kier molecular flexibility index (Phi) is 5.62. The summed E-state index contributed by atoms with van der Waals surface area (Å²) in [5, 5.41) is 3.42. The van der Waals surface area contributed by atoms with Crippen molar-refractivity contribution in [1.82, 2.24) is 9.97 Å². The number of rotatable bonds is 4. The van der Waals surface area contributed by atoms with Crippen LogP contribution >= 0.6 is 11.3 Å². The molecule has 0 fully saturated rings. The van der Waals surface area contributed by atoms with Gasteiger partial charge in [0.25, 0.3) is 5.91 Å². The Bertz CT molecular complexity index is 1130. The van der Waals surface area contributed by atoms with Gasteiger partial charge in [-0.05, 0) is 48.6 Å². The maximum absolute atomic E-state index is 12.7. The molecule has 0 bridgehead atoms. The van der Waals surface area contributed by atoms with Gasteiger partial charge in [0.15, 0.2) is 5.13 Å². The van der Waals surface area contributed by atoms with E-state index in [1.165, 1.54) is 17.5 Å². The molecule has 0 saturated heterocycles. The van der Waals surface area contributed by atoms with Crippen LogP contribution in [-0.4, -0.2) is 28.3 Å². The molecule has 0 spiro atoms. The van der Waals surface area contributed by atoms with Crippen LogP contribution in [0.5, 0.6) is 0 Å². The number of amides is 2. The van der Waals surface area contributed by atoms with Crippen LogP contribution in [0.15, 0.2) is 42.7 Å². The summed E-state index contributed by atoms with van der Waals surface area (Å²) in [5.41, 5.74) is 4.47. The van der Waals surface area contributed by atoms with Gasteiger partial charge in [-0.2, -0.15) is 0 Å². The third kappa shape index (κ3) is 4.66. The molecular weight excluding hydrogens is 408 g/mol. The Morgan fingerprint density at radius 1 is 1.23 bits per heavy atom. The molecule has 0 aliphatic carbocycles. The molecule has 160 valence electrons. The average Bonchev–Trinajstić information content (AvgIpc) is 3.30. The normalized spacial score (nSPS) is 13.2. The molecule has 6 nitrogen and oxygen atoms in total. The molecule has 0 unspecified atom stereocenters. The van der Waals surface area contributed by atoms with Crippen LogP contribution in [0, 0.1) is 12.3 Å². The van der Waals surface area contributed by atoms with Crippen molar-refractivity contribution in [3.05, 3.63) is 58.7 Å². The zero-order valence-corrected chi connectivity index (χ0v) is 19.0. The number of pyridine rings is 1. The highest BCUT2D eigenvalue weighted by atomic mass is 32.1. The van der Waals surface area contributed by atoms with E-state index in [-0.39, 0.29) is 17.2 Å². The summed E-state index contributed by atoms with van der Waals surface area (Å²) in [6, 6.07) is 9.60. The predicted molar refractivity (Wildman–Crippen MR) is 125 cm³/mol. The zero-order valence-electron chi connectivity index (χ0n) is 18.2. The van der Waals surface area contributed by atoms with E-state index in [9.17, 15) is 9.59 Å². The highest BCUT2D eigenvalue weighted by Crippen LogP contribution is 2.36. The summed E-state index contributed by atoms with van der Waals surface area (Å²) in [6.45, 7) is 8.97. The fourth-order valence-corrected chi connectivity index (χ4v) is 4.57. The van der Waals surface area contributed by atoms with Crippen molar-refractivity contribution in [3.8, 4) is 11.3 Å². The van der Waals surface area contributed by atoms with Crippen molar-refractivity contribution in [1.29, 1.82) is 0 Å². The quantitative estimate of drug-likeness (QED) is 0.620. The summed E-state index contributed by atoms with van der Waals surface area (Å²) in [7, 11) is 0. The third-order valence-electron chi connectivity index (χ3n) is 5.17. The Morgan fingerprint density at radius 2 is 2.03 bits per heavy atom. The van der Waals surface area contributed by atoms with Gasteiger partial charge in [0.2, 0.25) is 5.91 Å². The fraction of sp³-hybridized carbons (Fsp3) is 0.333. The lowest BCUT2D eigenvalue weighted by Gasteiger charge is -2.23. The number of anilines is 2. The molecule has 1 aliphatic rings. The molecule has 2 amide bonds. The van der Waals surface area contributed by atoms with Crippen molar-refractivity contribution in [2.24, 2.45) is 5.41 Å². The molecule has 31 heavy (non-hydrogen) atoms. The van der Waals surface area contributed by atoms with Gasteiger partial charge < -0.3 is 4.90 Å². The van der Waals surface area contributed by atoms with Crippen molar-refractivity contribution in [2.75, 3.05) is 16.8 Å². The van der Waals surface area contributed by atoms with Gasteiger partial charge in [0.05, 0.1) is 11.3 Å². The minimum absolute atomic E-state index is 0.0336. The molecule has 3 aromatic rings. The second-order valence-corrected chi connectivity index (χ2v) is 10.2. The molecule has 2 aromatic heterocycles. The minimum Gasteiger partial charge on any atom is -0.312 e. The number of carbonyl (C=O) groups excluding carboxylic acids is 2. The van der Waals surface area contributed by atoms with Gasteiger partial charge in [-0.15, -0.1) is 11.3 Å². The molecule has 7 heteroatoms. The van der Waals surface area contributed by atoms with Crippen molar-refractivity contribution in [2.45, 2.75) is 40.5 Å². The van der Waals surface area contributed by atoms with Gasteiger partial charge in [-0.25, -0.2) is 4.98 Å². The van der Waals surface area contributed by atoms with Gasteiger partial charge in [0, 0.05) is 41.5 Å². The smallest absolute Gasteiger partial charge is 0.259 e. The number of fused-ring (bicyclic) bond motifs is 1. The third-order valence-corrected chi connectivity index (χ3v) is 6.06. The Morgan fingerprint density at radius 3 is 2.74 bits per heavy atom. The molecule has 3 heterocycles. The van der Waals surface area contributed by atoms with Gasteiger partial charge in [0.1, 0.15) is 0 Å². The standard InChI is InChI=1S/C24H26N4O2S/c1-15-21(26-23(31-15)27-22(30)18-6-5-10-25-14-18)17-7-8-19-16(12-17)9-11-28(19)20(29)13-24(2,3)4/h5-8,10,12,14H,9,11,13H2,1-4H3,(H,26,27,30). The topological polar surface area (TPSA) is 75.2 Å². The highest BCUT2D eigenvalue weighted by Gasteiger charge is 2.28. The number of nitrogens with one attached hydrogen (secondary N) is 1. The van der Waals surface area contributed by atoms with Crippen LogP contribution in [0.25, 0.3) is 11.3 Å². The number of carbonyl (C=O) groups is 2. The zero-order chi connectivity index (χ0) is 22.2. The van der Waals surface area contributed by atoms with E-state index in [2.05, 4.69) is 42.1 Å². The summed E-state index contributed by atoms with van der Waals surface area (Å²) in [4.78, 5) is 36.7. The summed E-state index contributed by atoms with van der Waals surface area (Å²) in [6.07, 6.45) is 4.53. The molecule has 0 radical (unpaired) electrons. The first kappa shape index (κ1) is 21.2. The number of benzene rings is 1. The summed E-state index contributed by atoms with van der Waals surface area (Å²) < 4.78 is 0. The van der Waals surface area contributed by atoms with Crippen LogP contribution in [0.1, 0.15) is 48.0 Å². The van der Waals surface area contributed by atoms with Crippen LogP contribution in [0.2, 0.25) is 0 Å². The first-order valence-electron chi connectivity index (χ1n) is 10.3. The number of nitrogens with zero attached hydrogens (tertiary/aromatic N) is 3. The number of aryl methyl sites for hydroxylation is 1. The maximum atomic E-state index is 12.7. The lowest BCUT2D eigenvalue weighted by molar-refractivity contribution is -0.120. The monoisotopic (exact) mass is 434 g/mol. The van der Waals surface area contributed by atoms with Crippen LogP contribution in [-0.2, 0) is 11.2 Å². The molecule has 1 aliphatic heterocycles. The van der Waals surface area contributed by atoms with Crippen molar-refractivity contribution < 1.29 is 9.59 Å². The summed E-state index contributed by atoms with van der Waals surface area (Å²) in [5.74, 6) is -0.0559. The average molecular weight is 435 g/mol. The van der Waals surface area contributed by atoms with Crippen LogP contribution < -0.4 is 10.2 Å². The Labute approximate surface area is 186 Å². The minimum atomic E-state index is -0.227. The van der Waals surface area contributed by atoms with E-state index in [4.69, 9.17) is 0 Å². The van der Waals surface area contributed by atoms with Crippen molar-refractivity contribution in [3.63, 3.8) is 0 Å². The van der Waals surface area contributed by atoms with E-state index in [1.807, 2.05) is 24.0 Å². The van der Waals surface area contributed by atoms with Crippen LogP contribution in [0.4, 0.5) is 10.8 Å². The Balaban J connectivity index is 1.54. The molecule has 0 saturated carbocycles. The van der Waals surface area contributed by atoms with E-state index in [0.717, 1.165) is 40.4 Å². The van der Waals surface area contributed by atoms with E-state index < -0.39 is 0 Å². The lowest BCUT2D eigenvalue weighted by Crippen LogP contribution is -2.31. The van der Waals surface area contributed by atoms with Gasteiger partial charge in [-0.3, -0.25) is 19.9 Å². The van der Waals surface area contributed by atoms with Crippen LogP contribution in [0.3, 0.4) is 0 Å². The van der Waals surface area contributed by atoms with Gasteiger partial charge >= 0.3 is 0 Å². The van der Waals surface area contributed by atoms with Crippen molar-refractivity contribution >= 4 is 34.0 Å². The van der Waals surface area contributed by atoms with E-state index in [1.54, 1.807) is 18.3 Å². The number of hydrogen-bond acceptors (Lipinski definition) is 5. The molecular formula is C24H26N4O2S. The number of thiazole rings is 1. The highest BCUT2D eigenvalue weighted by molar-refractivity contribution is 7.16. The SMILES string of the molecule is Cc1sc(NC(=O)c2cccnc2)nc1-c1ccc2c(c1)CCN2C(=O)CC(C)(C)C. The first-order chi connectivity index (χ1) is 14.7. The fourth-order valence-electron chi connectivity index (χ4n) is 3.74. The molecule has 0 atom stereocenters. The van der Waals surface area contributed by atoms with E-state index >= 15 is 0 Å². The summed E-state index contributed by atoms with van der Waals surface area (Å²) >= 11 is 1.45. The molecule has 1 aromatic carbocycles. The molecule has 4 rings (SSSR count). The lowest BCUT2D eigenvalue weighted by atomic mass is 9.91. The Hall–Kier alpha value is -3.06. The maximum Gasteiger partial charge on any atom is 0.259 e. The second-order valence-electron chi connectivity index (χ2n) is 9.00. The van der Waals surface area contributed by atoms with Gasteiger partial charge in [-0.1, -0.05) is 26.8 Å². The predicted octanol–water partition coefficient (Wildman–Crippen LogP) is 5.09. The number of aromatic nitrogens is 2. The first-order valence-corrected chi connectivity index (χ1v) is 11.2. The largest absolute Gasteiger partial charge is 0.312 e.